The molecule has 0 saturated carbocycles. The molecular formula is C56H63N5O17. The number of nitrogens with one attached hydrogen (secondary N) is 5. The highest BCUT2D eigenvalue weighted by atomic mass is 16.5. The summed E-state index contributed by atoms with van der Waals surface area (Å²) in [4.78, 5) is 111. The van der Waals surface area contributed by atoms with Crippen LogP contribution in [0.15, 0.2) is 88.1 Å². The van der Waals surface area contributed by atoms with Crippen LogP contribution in [0.2, 0.25) is 0 Å². The molecule has 0 radical (unpaired) electrons. The molecule has 5 amide bonds. The predicted octanol–water partition coefficient (Wildman–Crippen LogP) is 5.65. The van der Waals surface area contributed by atoms with E-state index < -0.39 is 66.1 Å². The number of aliphatic hydroxyl groups is 2. The Hall–Kier alpha value is -8.63. The number of carbonyl (C=O) groups is 8. The van der Waals surface area contributed by atoms with Gasteiger partial charge in [-0.05, 0) is 129 Å². The number of aliphatic carboxylic acids is 3. The zero-order valence-corrected chi connectivity index (χ0v) is 42.5. The van der Waals surface area contributed by atoms with Gasteiger partial charge in [0.05, 0.1) is 12.0 Å². The Morgan fingerprint density at radius 3 is 1.60 bits per heavy atom. The smallest absolute Gasteiger partial charge is 0.336 e. The first kappa shape index (κ1) is 58.6. The van der Waals surface area contributed by atoms with Crippen LogP contribution in [-0.2, 0) is 35.2 Å². The Bertz CT molecular complexity index is 3260. The maximum atomic E-state index is 13.6. The van der Waals surface area contributed by atoms with Crippen molar-refractivity contribution in [3.63, 3.8) is 0 Å². The lowest BCUT2D eigenvalue weighted by Gasteiger charge is -2.19. The van der Waals surface area contributed by atoms with E-state index in [1.807, 2.05) is 0 Å². The first-order valence-corrected chi connectivity index (χ1v) is 25.7. The average molecular weight is 1080 g/mol. The summed E-state index contributed by atoms with van der Waals surface area (Å²) < 4.78 is 6.63. The third kappa shape index (κ3) is 16.2. The van der Waals surface area contributed by atoms with Crippen LogP contribution in [-0.4, -0.2) is 121 Å². The molecule has 3 atom stereocenters. The normalized spacial score (nSPS) is 12.5. The first-order chi connectivity index (χ1) is 37.3. The van der Waals surface area contributed by atoms with Crippen molar-refractivity contribution in [2.45, 2.75) is 121 Å². The van der Waals surface area contributed by atoms with E-state index >= 15 is 0 Å². The number of rotatable bonds is 30. The fourth-order valence-electron chi connectivity index (χ4n) is 9.28. The Kier molecular flexibility index (Phi) is 21.0. The highest BCUT2D eigenvalue weighted by molar-refractivity contribution is 6.21. The summed E-state index contributed by atoms with van der Waals surface area (Å²) in [6.45, 7) is 0.414. The van der Waals surface area contributed by atoms with Crippen LogP contribution in [0.5, 0.6) is 5.75 Å². The highest BCUT2D eigenvalue weighted by Gasteiger charge is 2.27. The van der Waals surface area contributed by atoms with E-state index in [2.05, 4.69) is 26.6 Å². The molecule has 0 aliphatic carbocycles. The summed E-state index contributed by atoms with van der Waals surface area (Å²) in [5, 5.41) is 83.3. The molecule has 0 aliphatic rings. The second-order valence-electron chi connectivity index (χ2n) is 19.0. The number of hydrogen-bond donors (Lipinski definition) is 12. The molecule has 0 saturated heterocycles. The quantitative estimate of drug-likeness (QED) is 0.0112. The summed E-state index contributed by atoms with van der Waals surface area (Å²) in [6.07, 6.45) is 1.39. The third-order valence-corrected chi connectivity index (χ3v) is 13.2. The number of aromatic carboxylic acids is 1. The molecule has 0 aliphatic heterocycles. The number of carboxylic acids is 4. The van der Waals surface area contributed by atoms with E-state index in [-0.39, 0.29) is 80.7 Å². The van der Waals surface area contributed by atoms with Crippen LogP contribution >= 0.6 is 0 Å². The summed E-state index contributed by atoms with van der Waals surface area (Å²) in [5.74, 6) is -6.26. The van der Waals surface area contributed by atoms with Gasteiger partial charge in [-0.1, -0.05) is 37.1 Å². The molecule has 78 heavy (non-hydrogen) atoms. The maximum absolute atomic E-state index is 13.6. The molecule has 414 valence electrons. The topological polar surface area (TPSA) is 369 Å². The van der Waals surface area contributed by atoms with Gasteiger partial charge in [0, 0.05) is 65.0 Å². The van der Waals surface area contributed by atoms with E-state index in [1.54, 1.807) is 54.6 Å². The van der Waals surface area contributed by atoms with Gasteiger partial charge in [0.1, 0.15) is 35.0 Å². The number of urea groups is 1. The van der Waals surface area contributed by atoms with Gasteiger partial charge in [0.2, 0.25) is 17.7 Å². The highest BCUT2D eigenvalue weighted by Crippen LogP contribution is 2.44. The van der Waals surface area contributed by atoms with Crippen LogP contribution in [0.1, 0.15) is 106 Å². The summed E-state index contributed by atoms with van der Waals surface area (Å²) in [7, 11) is 0. The second kappa shape index (κ2) is 27.9. The zero-order chi connectivity index (χ0) is 56.5. The van der Waals surface area contributed by atoms with Crippen molar-refractivity contribution in [1.29, 1.82) is 0 Å². The number of benzene rings is 5. The number of amides is 5. The molecule has 6 aromatic rings. The van der Waals surface area contributed by atoms with Crippen LogP contribution in [0.3, 0.4) is 0 Å². The van der Waals surface area contributed by atoms with E-state index in [9.17, 15) is 68.7 Å². The lowest BCUT2D eigenvalue weighted by Crippen LogP contribution is -2.51. The van der Waals surface area contributed by atoms with Crippen molar-refractivity contribution in [3.05, 3.63) is 100 Å². The van der Waals surface area contributed by atoms with E-state index in [1.165, 1.54) is 24.3 Å². The Morgan fingerprint density at radius 2 is 1.03 bits per heavy atom. The Balaban J connectivity index is 0.929. The number of phenolic OH excluding ortho intramolecular Hbond substituents is 1. The number of carbonyl (C=O) groups excluding carboxylic acids is 4. The van der Waals surface area contributed by atoms with Crippen LogP contribution in [0.4, 0.5) is 4.79 Å². The van der Waals surface area contributed by atoms with Gasteiger partial charge in [0.25, 0.3) is 0 Å². The molecule has 22 heteroatoms. The molecule has 0 spiro atoms. The van der Waals surface area contributed by atoms with Gasteiger partial charge in [-0.25, -0.2) is 24.0 Å². The van der Waals surface area contributed by atoms with Crippen LogP contribution in [0, 0.1) is 0 Å². The van der Waals surface area contributed by atoms with E-state index in [0.717, 1.165) is 0 Å². The zero-order valence-electron chi connectivity index (χ0n) is 42.5. The number of unbranched alkanes of at least 4 members (excludes halogenated alkanes) is 5. The van der Waals surface area contributed by atoms with Gasteiger partial charge in [0.15, 0.2) is 11.7 Å². The lowest BCUT2D eigenvalue weighted by molar-refractivity contribution is -0.142. The van der Waals surface area contributed by atoms with E-state index in [0.29, 0.717) is 112 Å². The molecule has 22 nitrogen and oxygen atoms in total. The van der Waals surface area contributed by atoms with Crippen LogP contribution < -0.4 is 32.0 Å². The summed E-state index contributed by atoms with van der Waals surface area (Å²) >= 11 is 0. The minimum Gasteiger partial charge on any atom is -0.508 e. The molecule has 2 unspecified atom stereocenters. The molecule has 1 heterocycles. The van der Waals surface area contributed by atoms with Gasteiger partial charge in [-0.15, -0.1) is 0 Å². The number of phenols is 1. The summed E-state index contributed by atoms with van der Waals surface area (Å²) in [5.41, 5.74) is 1.73. The fourth-order valence-corrected chi connectivity index (χ4v) is 9.28. The minimum atomic E-state index is -1.78. The van der Waals surface area contributed by atoms with Gasteiger partial charge in [-0.2, -0.15) is 0 Å². The predicted molar refractivity (Wildman–Crippen MR) is 286 cm³/mol. The van der Waals surface area contributed by atoms with Crippen molar-refractivity contribution >= 4 is 91.1 Å². The number of hydrogen-bond acceptors (Lipinski definition) is 13. The SMILES string of the molecule is O=C(CCCCCCC(=O)NC(CCCCNC(=O)Cc1cccc(C(=O)O)c1-c1c2ccc3cc(O)ccc3c2oc2c1ccc1cc(=O)ccc12)C(=O)O)NCCCC[C@H](NC(=O)NC(CCC(O)O)C(=O)O)C(=O)O. The van der Waals surface area contributed by atoms with Crippen molar-refractivity contribution in [1.82, 2.24) is 26.6 Å². The third-order valence-electron chi connectivity index (χ3n) is 13.2. The molecular weight excluding hydrogens is 1010 g/mol. The maximum Gasteiger partial charge on any atom is 0.336 e. The van der Waals surface area contributed by atoms with E-state index in [4.69, 9.17) is 14.6 Å². The second-order valence-corrected chi connectivity index (χ2v) is 19.0. The van der Waals surface area contributed by atoms with Gasteiger partial charge < -0.3 is 66.7 Å². The molecule has 0 bridgehead atoms. The molecule has 0 fully saturated rings. The standard InChI is InChI=1S/C56H63N5O17/c62-34-18-22-36-31(28-34)16-20-38-49(39-21-17-32-29-35(63)19-23-37(32)51(39)78-50(36)38)48-33(10-9-11-40(48)52(69)70)30-46(66)58-27-8-5-12-41(53(71)72)59-45(65)15-4-2-1-3-14-44(64)57-26-7-6-13-42(54(73)74)60-56(77)61-43(55(75)76)24-25-47(67)68/h9-11,16-23,28-29,41-43,47,62,67-68H,1-8,12-15,24-27,30H2,(H,57,64)(H,58,66)(H,59,65)(H,69,70)(H,71,72)(H,73,74)(H,75,76)(H2,60,61,77)/t41?,42-,43?/m0/s1. The molecule has 12 N–H and O–H groups in total. The number of aliphatic hydroxyl groups excluding tert-OH is 1. The molecule has 5 aromatic carbocycles. The average Bonchev–Trinajstić information content (AvgIpc) is 3.51. The van der Waals surface area contributed by atoms with Crippen LogP contribution in [0.25, 0.3) is 54.6 Å². The minimum absolute atomic E-state index is 0.00413. The Morgan fingerprint density at radius 1 is 0.500 bits per heavy atom. The number of carboxylic acid groups (broad SMARTS) is 4. The molecule has 1 aromatic heterocycles. The first-order valence-electron chi connectivity index (χ1n) is 25.7. The number of aromatic hydroxyl groups is 1. The van der Waals surface area contributed by atoms with Crippen molar-refractivity contribution < 1.29 is 78.5 Å². The lowest BCUT2D eigenvalue weighted by atomic mass is 9.87. The molecule has 6 rings (SSSR count). The number of fused-ring (bicyclic) bond motifs is 6. The summed E-state index contributed by atoms with van der Waals surface area (Å²) in [6, 6.07) is 16.1. The largest absolute Gasteiger partial charge is 0.508 e. The Labute approximate surface area is 445 Å². The van der Waals surface area contributed by atoms with Gasteiger partial charge >= 0.3 is 29.9 Å². The monoisotopic (exact) mass is 1080 g/mol. The van der Waals surface area contributed by atoms with Crippen molar-refractivity contribution in [2.24, 2.45) is 0 Å². The fraction of sp³-hybridized carbons (Fsp3) is 0.375. The van der Waals surface area contributed by atoms with Crippen molar-refractivity contribution in [3.8, 4) is 16.9 Å². The van der Waals surface area contributed by atoms with Crippen molar-refractivity contribution in [2.75, 3.05) is 13.1 Å². The van der Waals surface area contributed by atoms with Gasteiger partial charge in [-0.3, -0.25) is 19.2 Å².